The quantitative estimate of drug-likeness (QED) is 0.886. The van der Waals surface area contributed by atoms with Gasteiger partial charge in [0.05, 0.1) is 18.3 Å². The van der Waals surface area contributed by atoms with E-state index >= 15 is 0 Å². The van der Waals surface area contributed by atoms with Crippen molar-refractivity contribution in [1.82, 2.24) is 15.1 Å². The van der Waals surface area contributed by atoms with Crippen molar-refractivity contribution in [3.8, 4) is 0 Å². The molecule has 1 N–H and O–H groups in total. The van der Waals surface area contributed by atoms with Gasteiger partial charge in [-0.25, -0.2) is 4.68 Å². The van der Waals surface area contributed by atoms with Crippen LogP contribution in [-0.4, -0.2) is 22.5 Å². The Labute approximate surface area is 125 Å². The molecule has 1 aromatic carbocycles. The minimum absolute atomic E-state index is 0.223. The van der Waals surface area contributed by atoms with Gasteiger partial charge >= 0.3 is 0 Å². The molecule has 110 valence electrons. The predicted molar refractivity (Wildman–Crippen MR) is 83.6 cm³/mol. The molecular weight excluding hydrogens is 262 g/mol. The summed E-state index contributed by atoms with van der Waals surface area (Å²) in [7, 11) is 0. The van der Waals surface area contributed by atoms with Crippen molar-refractivity contribution in [2.75, 3.05) is 6.61 Å². The Hall–Kier alpha value is -1.91. The van der Waals surface area contributed by atoms with Crippen molar-refractivity contribution in [3.63, 3.8) is 0 Å². The maximum absolute atomic E-state index is 5.88. The summed E-state index contributed by atoms with van der Waals surface area (Å²) < 4.78 is 7.61. The summed E-state index contributed by atoms with van der Waals surface area (Å²) in [6.07, 6.45) is 8.05. The summed E-state index contributed by atoms with van der Waals surface area (Å²) in [6.45, 7) is 5.35. The molecule has 0 spiro atoms. The third-order valence-corrected chi connectivity index (χ3v) is 3.86. The molecule has 0 radical (unpaired) electrons. The molecule has 2 atom stereocenters. The van der Waals surface area contributed by atoms with Crippen LogP contribution in [0.3, 0.4) is 0 Å². The number of benzene rings is 1. The predicted octanol–water partition coefficient (Wildman–Crippen LogP) is 2.99. The topological polar surface area (TPSA) is 39.1 Å². The van der Waals surface area contributed by atoms with Gasteiger partial charge in [0, 0.05) is 31.1 Å². The Morgan fingerprint density at radius 2 is 2.29 bits per heavy atom. The Morgan fingerprint density at radius 1 is 1.43 bits per heavy atom. The van der Waals surface area contributed by atoms with Crippen LogP contribution in [0.4, 0.5) is 0 Å². The normalized spacial score (nSPS) is 19.5. The van der Waals surface area contributed by atoms with Crippen molar-refractivity contribution in [2.24, 2.45) is 0 Å². The average Bonchev–Trinajstić information content (AvgIpc) is 3.20. The maximum Gasteiger partial charge on any atom is 0.0770 e. The summed E-state index contributed by atoms with van der Waals surface area (Å²) in [5, 5.41) is 7.83. The minimum Gasteiger partial charge on any atom is -0.376 e. The van der Waals surface area contributed by atoms with E-state index in [4.69, 9.17) is 4.74 Å². The van der Waals surface area contributed by atoms with Crippen LogP contribution >= 0.6 is 0 Å². The zero-order valence-corrected chi connectivity index (χ0v) is 12.1. The highest BCUT2D eigenvalue weighted by atomic mass is 16.5. The SMILES string of the molecule is C=Cn1cc(CN[C@@H](c2ccccc2)[C@H]2CCCO2)cn1. The lowest BCUT2D eigenvalue weighted by Crippen LogP contribution is -2.31. The van der Waals surface area contributed by atoms with Crippen LogP contribution in [0.2, 0.25) is 0 Å². The van der Waals surface area contributed by atoms with Crippen molar-refractivity contribution < 1.29 is 4.74 Å². The maximum atomic E-state index is 5.88. The van der Waals surface area contributed by atoms with Gasteiger partial charge in [0.15, 0.2) is 0 Å². The van der Waals surface area contributed by atoms with Crippen LogP contribution in [0.15, 0.2) is 49.3 Å². The summed E-state index contributed by atoms with van der Waals surface area (Å²) in [5.41, 5.74) is 2.43. The number of nitrogens with one attached hydrogen (secondary N) is 1. The van der Waals surface area contributed by atoms with E-state index in [0.29, 0.717) is 0 Å². The fourth-order valence-electron chi connectivity index (χ4n) is 2.79. The van der Waals surface area contributed by atoms with E-state index in [1.807, 2.05) is 18.5 Å². The monoisotopic (exact) mass is 283 g/mol. The largest absolute Gasteiger partial charge is 0.376 e. The molecule has 2 heterocycles. The van der Waals surface area contributed by atoms with Gasteiger partial charge in [0.2, 0.25) is 0 Å². The van der Waals surface area contributed by atoms with Gasteiger partial charge in [0.1, 0.15) is 0 Å². The second kappa shape index (κ2) is 6.70. The molecule has 1 saturated heterocycles. The van der Waals surface area contributed by atoms with Crippen molar-refractivity contribution >= 4 is 6.20 Å². The molecule has 1 aromatic heterocycles. The number of hydrogen-bond donors (Lipinski definition) is 1. The number of hydrogen-bond acceptors (Lipinski definition) is 3. The second-order valence-electron chi connectivity index (χ2n) is 5.33. The summed E-state index contributed by atoms with van der Waals surface area (Å²) in [6, 6.07) is 10.7. The van der Waals surface area contributed by atoms with Crippen LogP contribution in [0.5, 0.6) is 0 Å². The van der Waals surface area contributed by atoms with E-state index in [-0.39, 0.29) is 12.1 Å². The minimum atomic E-state index is 0.223. The van der Waals surface area contributed by atoms with Gasteiger partial charge in [-0.15, -0.1) is 0 Å². The molecule has 4 heteroatoms. The lowest BCUT2D eigenvalue weighted by molar-refractivity contribution is 0.0776. The van der Waals surface area contributed by atoms with Gasteiger partial charge in [-0.05, 0) is 18.4 Å². The first-order chi connectivity index (χ1) is 10.4. The summed E-state index contributed by atoms with van der Waals surface area (Å²) in [5.74, 6) is 0. The first-order valence-corrected chi connectivity index (χ1v) is 7.42. The van der Waals surface area contributed by atoms with E-state index < -0.39 is 0 Å². The Kier molecular flexibility index (Phi) is 4.48. The van der Waals surface area contributed by atoms with Crippen LogP contribution in [0.1, 0.15) is 30.0 Å². The van der Waals surface area contributed by atoms with Crippen LogP contribution in [0, 0.1) is 0 Å². The third-order valence-electron chi connectivity index (χ3n) is 3.86. The van der Waals surface area contributed by atoms with Gasteiger partial charge in [0.25, 0.3) is 0 Å². The van der Waals surface area contributed by atoms with Gasteiger partial charge in [-0.1, -0.05) is 36.9 Å². The standard InChI is InChI=1S/C17H21N3O/c1-2-20-13-14(12-19-20)11-18-17(16-9-6-10-21-16)15-7-4-3-5-8-15/h2-5,7-8,12-13,16-18H,1,6,9-11H2/t16-,17+/m1/s1. The molecule has 0 aliphatic carbocycles. The molecule has 4 nitrogen and oxygen atoms in total. The molecule has 2 aromatic rings. The van der Waals surface area contributed by atoms with Crippen molar-refractivity contribution in [1.29, 1.82) is 0 Å². The number of rotatable bonds is 6. The smallest absolute Gasteiger partial charge is 0.0770 e. The fourth-order valence-corrected chi connectivity index (χ4v) is 2.79. The van der Waals surface area contributed by atoms with E-state index in [1.165, 1.54) is 5.56 Å². The molecule has 3 rings (SSSR count). The number of nitrogens with zero attached hydrogens (tertiary/aromatic N) is 2. The molecule has 0 amide bonds. The van der Waals surface area contributed by atoms with Crippen molar-refractivity contribution in [3.05, 3.63) is 60.4 Å². The first-order valence-electron chi connectivity index (χ1n) is 7.42. The number of aromatic nitrogens is 2. The Bertz CT molecular complexity index is 573. The molecule has 0 bridgehead atoms. The Balaban J connectivity index is 1.71. The molecule has 1 aliphatic heterocycles. The van der Waals surface area contributed by atoms with Crippen LogP contribution < -0.4 is 5.32 Å². The van der Waals surface area contributed by atoms with E-state index in [9.17, 15) is 0 Å². The molecule has 0 unspecified atom stereocenters. The van der Waals surface area contributed by atoms with E-state index in [0.717, 1.165) is 31.6 Å². The summed E-state index contributed by atoms with van der Waals surface area (Å²) in [4.78, 5) is 0. The Morgan fingerprint density at radius 3 is 2.95 bits per heavy atom. The molecule has 1 fully saturated rings. The van der Waals surface area contributed by atoms with Gasteiger partial charge < -0.3 is 10.1 Å². The van der Waals surface area contributed by atoms with E-state index in [2.05, 4.69) is 41.3 Å². The highest BCUT2D eigenvalue weighted by Crippen LogP contribution is 2.27. The first kappa shape index (κ1) is 14.0. The third kappa shape index (κ3) is 3.40. The van der Waals surface area contributed by atoms with Gasteiger partial charge in [-0.2, -0.15) is 5.10 Å². The highest BCUT2D eigenvalue weighted by Gasteiger charge is 2.26. The molecule has 1 aliphatic rings. The highest BCUT2D eigenvalue weighted by molar-refractivity contribution is 5.22. The lowest BCUT2D eigenvalue weighted by Gasteiger charge is -2.24. The van der Waals surface area contributed by atoms with Crippen LogP contribution in [0.25, 0.3) is 6.20 Å². The van der Waals surface area contributed by atoms with Gasteiger partial charge in [-0.3, -0.25) is 0 Å². The average molecular weight is 283 g/mol. The van der Waals surface area contributed by atoms with Crippen LogP contribution in [-0.2, 0) is 11.3 Å². The molecule has 21 heavy (non-hydrogen) atoms. The number of ether oxygens (including phenoxy) is 1. The summed E-state index contributed by atoms with van der Waals surface area (Å²) >= 11 is 0. The fraction of sp³-hybridized carbons (Fsp3) is 0.353. The lowest BCUT2D eigenvalue weighted by atomic mass is 9.99. The van der Waals surface area contributed by atoms with Crippen molar-refractivity contribution in [2.45, 2.75) is 31.5 Å². The van der Waals surface area contributed by atoms with E-state index in [1.54, 1.807) is 10.9 Å². The molecular formula is C17H21N3O. The zero-order chi connectivity index (χ0) is 14.5. The molecule has 0 saturated carbocycles. The zero-order valence-electron chi connectivity index (χ0n) is 12.1. The second-order valence-corrected chi connectivity index (χ2v) is 5.33.